The topological polar surface area (TPSA) is 40.5 Å². The zero-order valence-electron chi connectivity index (χ0n) is 12.3. The summed E-state index contributed by atoms with van der Waals surface area (Å²) in [6.07, 6.45) is 6.67. The van der Waals surface area contributed by atoms with E-state index in [2.05, 4.69) is 17.9 Å². The number of carboxylic acids is 1. The molecule has 1 aromatic carbocycles. The number of aryl methyl sites for hydroxylation is 1. The Labute approximate surface area is 121 Å². The van der Waals surface area contributed by atoms with Crippen LogP contribution < -0.4 is 0 Å². The van der Waals surface area contributed by atoms with Gasteiger partial charge in [-0.15, -0.1) is 0 Å². The van der Waals surface area contributed by atoms with Crippen LogP contribution in [0.25, 0.3) is 0 Å². The highest BCUT2D eigenvalue weighted by atomic mass is 16.4. The number of benzene rings is 1. The van der Waals surface area contributed by atoms with E-state index in [9.17, 15) is 9.90 Å². The average Bonchev–Trinajstić information content (AvgIpc) is 2.47. The highest BCUT2D eigenvalue weighted by molar-refractivity contribution is 5.76. The Kier molecular flexibility index (Phi) is 5.60. The van der Waals surface area contributed by atoms with Crippen molar-refractivity contribution in [2.75, 3.05) is 13.1 Å². The number of hydrogen-bond donors (Lipinski definition) is 1. The lowest BCUT2D eigenvalue weighted by Crippen LogP contribution is -2.38. The molecule has 110 valence electrons. The molecule has 1 fully saturated rings. The molecule has 1 aromatic rings. The molecule has 0 spiro atoms. The van der Waals surface area contributed by atoms with Crippen LogP contribution in [-0.2, 0) is 11.2 Å². The van der Waals surface area contributed by atoms with Gasteiger partial charge in [0.05, 0.1) is 0 Å². The molecule has 1 heterocycles. The van der Waals surface area contributed by atoms with Crippen molar-refractivity contribution in [3.05, 3.63) is 35.4 Å². The molecule has 20 heavy (non-hydrogen) atoms. The van der Waals surface area contributed by atoms with Gasteiger partial charge >= 0.3 is 5.97 Å². The van der Waals surface area contributed by atoms with Crippen molar-refractivity contribution in [2.24, 2.45) is 0 Å². The SMILES string of the molecule is CCCCc1ccccc1C(C(=O)O)N1CCCCC1. The van der Waals surface area contributed by atoms with Gasteiger partial charge in [0.2, 0.25) is 0 Å². The van der Waals surface area contributed by atoms with Gasteiger partial charge in [-0.2, -0.15) is 0 Å². The predicted octanol–water partition coefficient (Wildman–Crippen LogP) is 3.64. The van der Waals surface area contributed by atoms with Crippen LogP contribution in [0.15, 0.2) is 24.3 Å². The monoisotopic (exact) mass is 275 g/mol. The van der Waals surface area contributed by atoms with E-state index in [0.717, 1.165) is 50.8 Å². The second kappa shape index (κ2) is 7.44. The predicted molar refractivity (Wildman–Crippen MR) is 80.9 cm³/mol. The first kappa shape index (κ1) is 15.0. The summed E-state index contributed by atoms with van der Waals surface area (Å²) in [4.78, 5) is 13.9. The van der Waals surface area contributed by atoms with Crippen molar-refractivity contribution in [1.29, 1.82) is 0 Å². The Bertz CT molecular complexity index is 438. The maximum Gasteiger partial charge on any atom is 0.325 e. The van der Waals surface area contributed by atoms with Crippen LogP contribution >= 0.6 is 0 Å². The molecule has 1 aliphatic rings. The molecule has 0 radical (unpaired) electrons. The standard InChI is InChI=1S/C17H25NO2/c1-2-3-9-14-10-5-6-11-15(14)16(17(19)20)18-12-7-4-8-13-18/h5-6,10-11,16H,2-4,7-9,12-13H2,1H3,(H,19,20). The molecule has 1 N–H and O–H groups in total. The maximum atomic E-state index is 11.8. The Morgan fingerprint density at radius 3 is 2.60 bits per heavy atom. The third kappa shape index (κ3) is 3.60. The Hall–Kier alpha value is -1.35. The lowest BCUT2D eigenvalue weighted by molar-refractivity contribution is -0.144. The third-order valence-corrected chi connectivity index (χ3v) is 4.14. The van der Waals surface area contributed by atoms with Gasteiger partial charge in [-0.25, -0.2) is 0 Å². The minimum atomic E-state index is -0.712. The van der Waals surface area contributed by atoms with E-state index in [0.29, 0.717) is 0 Å². The molecule has 0 aliphatic carbocycles. The number of likely N-dealkylation sites (tertiary alicyclic amines) is 1. The van der Waals surface area contributed by atoms with Crippen LogP contribution in [0.3, 0.4) is 0 Å². The molecule has 0 saturated carbocycles. The van der Waals surface area contributed by atoms with Crippen molar-refractivity contribution in [1.82, 2.24) is 4.90 Å². The van der Waals surface area contributed by atoms with E-state index in [1.165, 1.54) is 12.0 Å². The summed E-state index contributed by atoms with van der Waals surface area (Å²) in [6, 6.07) is 7.60. The van der Waals surface area contributed by atoms with Crippen molar-refractivity contribution in [2.45, 2.75) is 51.5 Å². The van der Waals surface area contributed by atoms with Gasteiger partial charge in [0, 0.05) is 0 Å². The summed E-state index contributed by atoms with van der Waals surface area (Å²) >= 11 is 0. The number of hydrogen-bond acceptors (Lipinski definition) is 2. The molecule has 1 aliphatic heterocycles. The van der Waals surface area contributed by atoms with Crippen LogP contribution in [0, 0.1) is 0 Å². The summed E-state index contributed by atoms with van der Waals surface area (Å²) in [5.74, 6) is -0.712. The number of aliphatic carboxylic acids is 1. The number of unbranched alkanes of at least 4 members (excludes halogenated alkanes) is 1. The summed E-state index contributed by atoms with van der Waals surface area (Å²) in [7, 11) is 0. The number of rotatable bonds is 6. The Morgan fingerprint density at radius 2 is 1.95 bits per heavy atom. The van der Waals surface area contributed by atoms with Gasteiger partial charge in [-0.05, 0) is 49.9 Å². The highest BCUT2D eigenvalue weighted by Crippen LogP contribution is 2.28. The Balaban J connectivity index is 2.26. The second-order valence-corrected chi connectivity index (χ2v) is 5.64. The van der Waals surface area contributed by atoms with Crippen LogP contribution in [0.1, 0.15) is 56.2 Å². The van der Waals surface area contributed by atoms with Crippen LogP contribution in [0.4, 0.5) is 0 Å². The molecule has 3 heteroatoms. The fourth-order valence-electron chi connectivity index (χ4n) is 3.06. The van der Waals surface area contributed by atoms with Crippen LogP contribution in [0.5, 0.6) is 0 Å². The zero-order chi connectivity index (χ0) is 14.4. The van der Waals surface area contributed by atoms with Gasteiger partial charge in [-0.3, -0.25) is 9.69 Å². The van der Waals surface area contributed by atoms with Crippen molar-refractivity contribution >= 4 is 5.97 Å². The fraction of sp³-hybridized carbons (Fsp3) is 0.588. The number of piperidine rings is 1. The normalized spacial score (nSPS) is 17.9. The Morgan fingerprint density at radius 1 is 1.25 bits per heavy atom. The lowest BCUT2D eigenvalue weighted by Gasteiger charge is -2.33. The van der Waals surface area contributed by atoms with E-state index < -0.39 is 12.0 Å². The van der Waals surface area contributed by atoms with Gasteiger partial charge < -0.3 is 5.11 Å². The minimum Gasteiger partial charge on any atom is -0.480 e. The van der Waals surface area contributed by atoms with Crippen LogP contribution in [-0.4, -0.2) is 29.1 Å². The number of carboxylic acid groups (broad SMARTS) is 1. The molecular weight excluding hydrogens is 250 g/mol. The van der Waals surface area contributed by atoms with Crippen LogP contribution in [0.2, 0.25) is 0 Å². The van der Waals surface area contributed by atoms with Gasteiger partial charge in [0.1, 0.15) is 6.04 Å². The number of nitrogens with zero attached hydrogens (tertiary/aromatic N) is 1. The van der Waals surface area contributed by atoms with E-state index in [-0.39, 0.29) is 0 Å². The molecule has 0 bridgehead atoms. The lowest BCUT2D eigenvalue weighted by atomic mass is 9.94. The summed E-state index contributed by atoms with van der Waals surface area (Å²) in [5, 5.41) is 9.69. The first-order valence-corrected chi connectivity index (χ1v) is 7.78. The summed E-state index contributed by atoms with van der Waals surface area (Å²) in [6.45, 7) is 3.97. The minimum absolute atomic E-state index is 0.469. The third-order valence-electron chi connectivity index (χ3n) is 4.14. The van der Waals surface area contributed by atoms with Crippen molar-refractivity contribution in [3.63, 3.8) is 0 Å². The average molecular weight is 275 g/mol. The first-order chi connectivity index (χ1) is 9.74. The molecule has 1 unspecified atom stereocenters. The first-order valence-electron chi connectivity index (χ1n) is 7.78. The smallest absolute Gasteiger partial charge is 0.325 e. The van der Waals surface area contributed by atoms with E-state index in [1.54, 1.807) is 0 Å². The van der Waals surface area contributed by atoms with Gasteiger partial charge in [-0.1, -0.05) is 44.0 Å². The van der Waals surface area contributed by atoms with Gasteiger partial charge in [0.25, 0.3) is 0 Å². The molecule has 3 nitrogen and oxygen atoms in total. The summed E-state index contributed by atoms with van der Waals surface area (Å²) < 4.78 is 0. The number of carbonyl (C=O) groups is 1. The molecule has 1 saturated heterocycles. The van der Waals surface area contributed by atoms with E-state index >= 15 is 0 Å². The summed E-state index contributed by atoms with van der Waals surface area (Å²) in [5.41, 5.74) is 2.20. The largest absolute Gasteiger partial charge is 0.480 e. The molecule has 0 aromatic heterocycles. The zero-order valence-corrected chi connectivity index (χ0v) is 12.3. The van der Waals surface area contributed by atoms with Crippen molar-refractivity contribution < 1.29 is 9.90 Å². The van der Waals surface area contributed by atoms with Crippen molar-refractivity contribution in [3.8, 4) is 0 Å². The second-order valence-electron chi connectivity index (χ2n) is 5.64. The molecular formula is C17H25NO2. The molecule has 1 atom stereocenters. The fourth-order valence-corrected chi connectivity index (χ4v) is 3.06. The maximum absolute atomic E-state index is 11.8. The molecule has 2 rings (SSSR count). The van der Waals surface area contributed by atoms with E-state index in [4.69, 9.17) is 0 Å². The highest BCUT2D eigenvalue weighted by Gasteiger charge is 2.29. The quantitative estimate of drug-likeness (QED) is 0.861. The van der Waals surface area contributed by atoms with Gasteiger partial charge in [0.15, 0.2) is 0 Å². The molecule has 0 amide bonds. The van der Waals surface area contributed by atoms with E-state index in [1.807, 2.05) is 18.2 Å².